The van der Waals surface area contributed by atoms with Gasteiger partial charge in [-0.25, -0.2) is 0 Å². The van der Waals surface area contributed by atoms with Crippen LogP contribution in [0, 0.1) is 11.8 Å². The van der Waals surface area contributed by atoms with Gasteiger partial charge in [0, 0.05) is 5.54 Å². The number of rotatable bonds is 4. The molecule has 0 radical (unpaired) electrons. The fourth-order valence-corrected chi connectivity index (χ4v) is 3.33. The molecule has 1 fully saturated rings. The topological polar surface area (TPSA) is 44.5 Å². The van der Waals surface area contributed by atoms with Gasteiger partial charge in [0.15, 0.2) is 11.5 Å². The number of ether oxygens (including phenoxy) is 2. The maximum atomic E-state index is 6.73. The highest BCUT2D eigenvalue weighted by atomic mass is 16.5. The summed E-state index contributed by atoms with van der Waals surface area (Å²) in [6.45, 7) is 4.59. The normalized spacial score (nSPS) is 26.6. The molecule has 0 spiro atoms. The lowest BCUT2D eigenvalue weighted by atomic mass is 9.69. The third-order valence-electron chi connectivity index (χ3n) is 4.73. The highest BCUT2D eigenvalue weighted by Gasteiger charge is 2.35. The Balaban J connectivity index is 2.29. The maximum Gasteiger partial charge on any atom is 0.161 e. The van der Waals surface area contributed by atoms with Crippen molar-refractivity contribution in [2.24, 2.45) is 17.6 Å². The van der Waals surface area contributed by atoms with Gasteiger partial charge in [-0.3, -0.25) is 0 Å². The van der Waals surface area contributed by atoms with Crippen LogP contribution in [0.3, 0.4) is 0 Å². The Hall–Kier alpha value is -1.22. The van der Waals surface area contributed by atoms with Crippen molar-refractivity contribution in [2.75, 3.05) is 14.2 Å². The summed E-state index contributed by atoms with van der Waals surface area (Å²) in [5.41, 5.74) is 7.67. The van der Waals surface area contributed by atoms with Crippen LogP contribution in [0.25, 0.3) is 0 Å². The van der Waals surface area contributed by atoms with Crippen molar-refractivity contribution in [1.82, 2.24) is 0 Å². The van der Waals surface area contributed by atoms with Crippen molar-refractivity contribution < 1.29 is 9.47 Å². The lowest BCUT2D eigenvalue weighted by molar-refractivity contribution is 0.183. The molecule has 0 aliphatic heterocycles. The second-order valence-electron chi connectivity index (χ2n) is 6.33. The van der Waals surface area contributed by atoms with Crippen LogP contribution in [0.1, 0.15) is 45.1 Å². The van der Waals surface area contributed by atoms with Gasteiger partial charge in [-0.2, -0.15) is 0 Å². The van der Waals surface area contributed by atoms with E-state index in [1.807, 2.05) is 12.1 Å². The average molecular weight is 277 g/mol. The third kappa shape index (κ3) is 2.93. The average Bonchev–Trinajstić information content (AvgIpc) is 2.46. The summed E-state index contributed by atoms with van der Waals surface area (Å²) in [7, 11) is 3.33. The Bertz CT molecular complexity index is 458. The Labute approximate surface area is 122 Å². The summed E-state index contributed by atoms with van der Waals surface area (Å²) < 4.78 is 10.7. The number of hydrogen-bond donors (Lipinski definition) is 1. The zero-order chi connectivity index (χ0) is 14.8. The van der Waals surface area contributed by atoms with E-state index >= 15 is 0 Å². The Morgan fingerprint density at radius 1 is 1.20 bits per heavy atom. The largest absolute Gasteiger partial charge is 0.493 e. The molecule has 20 heavy (non-hydrogen) atoms. The number of methoxy groups -OCH3 is 2. The van der Waals surface area contributed by atoms with E-state index in [2.05, 4.69) is 19.9 Å². The summed E-state index contributed by atoms with van der Waals surface area (Å²) in [6.07, 6.45) is 4.60. The van der Waals surface area contributed by atoms with E-state index in [0.29, 0.717) is 11.8 Å². The Kier molecular flexibility index (Phi) is 4.59. The van der Waals surface area contributed by atoms with Gasteiger partial charge in [-0.05, 0) is 42.4 Å². The second-order valence-corrected chi connectivity index (χ2v) is 6.33. The van der Waals surface area contributed by atoms with Crippen LogP contribution >= 0.6 is 0 Å². The molecule has 112 valence electrons. The summed E-state index contributed by atoms with van der Waals surface area (Å²) >= 11 is 0. The maximum absolute atomic E-state index is 6.73. The van der Waals surface area contributed by atoms with E-state index in [9.17, 15) is 0 Å². The van der Waals surface area contributed by atoms with Crippen LogP contribution in [0.2, 0.25) is 0 Å². The molecule has 2 rings (SSSR count). The quantitative estimate of drug-likeness (QED) is 0.912. The molecule has 3 nitrogen and oxygen atoms in total. The summed E-state index contributed by atoms with van der Waals surface area (Å²) in [5.74, 6) is 2.93. The molecular weight excluding hydrogens is 250 g/mol. The van der Waals surface area contributed by atoms with E-state index in [0.717, 1.165) is 24.3 Å². The van der Waals surface area contributed by atoms with Crippen molar-refractivity contribution in [2.45, 2.75) is 45.1 Å². The molecule has 2 unspecified atom stereocenters. The monoisotopic (exact) mass is 277 g/mol. The van der Waals surface area contributed by atoms with Crippen molar-refractivity contribution in [3.63, 3.8) is 0 Å². The standard InChI is InChI=1S/C17H27NO2/c1-12(2)13-6-5-9-17(18,11-13)14-7-8-15(19-3)16(10-14)20-4/h7-8,10,12-13H,5-6,9,11,18H2,1-4H3. The van der Waals surface area contributed by atoms with E-state index in [1.165, 1.54) is 18.4 Å². The van der Waals surface area contributed by atoms with Gasteiger partial charge >= 0.3 is 0 Å². The van der Waals surface area contributed by atoms with Gasteiger partial charge in [-0.1, -0.05) is 32.8 Å². The van der Waals surface area contributed by atoms with Crippen LogP contribution in [0.4, 0.5) is 0 Å². The van der Waals surface area contributed by atoms with Gasteiger partial charge in [0.25, 0.3) is 0 Å². The molecule has 0 bridgehead atoms. The van der Waals surface area contributed by atoms with Crippen molar-refractivity contribution in [1.29, 1.82) is 0 Å². The highest BCUT2D eigenvalue weighted by Crippen LogP contribution is 2.42. The number of nitrogens with two attached hydrogens (primary N) is 1. The second kappa shape index (κ2) is 6.04. The molecule has 1 aromatic rings. The molecule has 1 saturated carbocycles. The summed E-state index contributed by atoms with van der Waals surface area (Å²) in [6, 6.07) is 6.09. The predicted octanol–water partition coefficient (Wildman–Crippen LogP) is 3.70. The van der Waals surface area contributed by atoms with Crippen molar-refractivity contribution in [3.05, 3.63) is 23.8 Å². The fourth-order valence-electron chi connectivity index (χ4n) is 3.33. The number of benzene rings is 1. The first kappa shape index (κ1) is 15.2. The molecule has 0 amide bonds. The Morgan fingerprint density at radius 2 is 1.90 bits per heavy atom. The molecule has 2 atom stereocenters. The number of hydrogen-bond acceptors (Lipinski definition) is 3. The lowest BCUT2D eigenvalue weighted by Crippen LogP contribution is -2.42. The van der Waals surface area contributed by atoms with Crippen LogP contribution in [-0.4, -0.2) is 14.2 Å². The van der Waals surface area contributed by atoms with E-state index < -0.39 is 0 Å². The minimum Gasteiger partial charge on any atom is -0.493 e. The zero-order valence-corrected chi connectivity index (χ0v) is 13.1. The molecule has 1 aliphatic carbocycles. The minimum absolute atomic E-state index is 0.229. The van der Waals surface area contributed by atoms with Gasteiger partial charge < -0.3 is 15.2 Å². The van der Waals surface area contributed by atoms with E-state index in [1.54, 1.807) is 14.2 Å². The van der Waals surface area contributed by atoms with Crippen molar-refractivity contribution in [3.8, 4) is 11.5 Å². The fraction of sp³-hybridized carbons (Fsp3) is 0.647. The summed E-state index contributed by atoms with van der Waals surface area (Å²) in [4.78, 5) is 0. The highest BCUT2D eigenvalue weighted by molar-refractivity contribution is 5.45. The van der Waals surface area contributed by atoms with E-state index in [4.69, 9.17) is 15.2 Å². The molecule has 1 aliphatic rings. The van der Waals surface area contributed by atoms with Gasteiger partial charge in [0.05, 0.1) is 14.2 Å². The first-order valence-electron chi connectivity index (χ1n) is 7.51. The summed E-state index contributed by atoms with van der Waals surface area (Å²) in [5, 5.41) is 0. The first-order valence-corrected chi connectivity index (χ1v) is 7.51. The van der Waals surface area contributed by atoms with Crippen LogP contribution in [0.5, 0.6) is 11.5 Å². The molecular formula is C17H27NO2. The van der Waals surface area contributed by atoms with Crippen molar-refractivity contribution >= 4 is 0 Å². The van der Waals surface area contributed by atoms with Crippen LogP contribution < -0.4 is 15.2 Å². The smallest absolute Gasteiger partial charge is 0.161 e. The Morgan fingerprint density at radius 3 is 2.50 bits per heavy atom. The minimum atomic E-state index is -0.229. The predicted molar refractivity (Wildman–Crippen MR) is 82.2 cm³/mol. The molecule has 0 heterocycles. The first-order chi connectivity index (χ1) is 9.50. The molecule has 2 N–H and O–H groups in total. The van der Waals surface area contributed by atoms with Gasteiger partial charge in [0.2, 0.25) is 0 Å². The molecule has 3 heteroatoms. The lowest BCUT2D eigenvalue weighted by Gasteiger charge is -2.40. The zero-order valence-electron chi connectivity index (χ0n) is 13.1. The molecule has 0 saturated heterocycles. The molecule has 1 aromatic carbocycles. The van der Waals surface area contributed by atoms with Gasteiger partial charge in [0.1, 0.15) is 0 Å². The van der Waals surface area contributed by atoms with E-state index in [-0.39, 0.29) is 5.54 Å². The molecule has 0 aromatic heterocycles. The van der Waals surface area contributed by atoms with Gasteiger partial charge in [-0.15, -0.1) is 0 Å². The van der Waals surface area contributed by atoms with Crippen LogP contribution in [0.15, 0.2) is 18.2 Å². The SMILES string of the molecule is COc1ccc(C2(N)CCCC(C(C)C)C2)cc1OC. The van der Waals surface area contributed by atoms with Crippen LogP contribution in [-0.2, 0) is 5.54 Å². The third-order valence-corrected chi connectivity index (χ3v) is 4.73.